The van der Waals surface area contributed by atoms with Crippen molar-refractivity contribution in [2.75, 3.05) is 25.0 Å². The number of benzene rings is 1. The molecule has 1 saturated heterocycles. The van der Waals surface area contributed by atoms with Gasteiger partial charge < -0.3 is 20.1 Å². The lowest BCUT2D eigenvalue weighted by Crippen LogP contribution is -2.48. The fraction of sp³-hybridized carbons (Fsp3) is 0.391. The molecule has 0 amide bonds. The third kappa shape index (κ3) is 5.42. The summed E-state index contributed by atoms with van der Waals surface area (Å²) in [7, 11) is 1.83. The minimum Gasteiger partial charge on any atom is -0.363 e. The van der Waals surface area contributed by atoms with Crippen LogP contribution in [0.3, 0.4) is 0 Å². The average molecular weight is 423 g/mol. The van der Waals surface area contributed by atoms with E-state index in [2.05, 4.69) is 84.1 Å². The number of nitrogens with zero attached hydrogens (tertiary/aromatic N) is 4. The largest absolute Gasteiger partial charge is 0.363 e. The van der Waals surface area contributed by atoms with E-state index in [1.54, 1.807) is 0 Å². The lowest BCUT2D eigenvalue weighted by Gasteiger charge is -2.33. The fourth-order valence-electron chi connectivity index (χ4n) is 3.85. The van der Waals surface area contributed by atoms with Crippen LogP contribution in [0.5, 0.6) is 0 Å². The van der Waals surface area contributed by atoms with Crippen molar-refractivity contribution in [3.8, 4) is 0 Å². The maximum Gasteiger partial charge on any atom is 0.191 e. The van der Waals surface area contributed by atoms with Crippen LogP contribution >= 0.6 is 11.3 Å². The molecule has 1 aromatic carbocycles. The van der Waals surface area contributed by atoms with E-state index in [4.69, 9.17) is 0 Å². The number of nitrogens with one attached hydrogen (secondary N) is 2. The van der Waals surface area contributed by atoms with E-state index >= 15 is 0 Å². The van der Waals surface area contributed by atoms with Gasteiger partial charge in [-0.2, -0.15) is 0 Å². The first kappa shape index (κ1) is 20.5. The second-order valence-electron chi connectivity index (χ2n) is 7.56. The predicted molar refractivity (Wildman–Crippen MR) is 125 cm³/mol. The summed E-state index contributed by atoms with van der Waals surface area (Å²) in [5.74, 6) is 1.88. The number of aryl methyl sites for hydroxylation is 2. The Morgan fingerprint density at radius 3 is 2.73 bits per heavy atom. The zero-order valence-corrected chi connectivity index (χ0v) is 18.3. The number of anilines is 1. The normalized spacial score (nSPS) is 15.4. The van der Waals surface area contributed by atoms with Gasteiger partial charge in [0.1, 0.15) is 5.82 Å². The van der Waals surface area contributed by atoms with E-state index in [0.29, 0.717) is 12.6 Å². The van der Waals surface area contributed by atoms with Gasteiger partial charge in [-0.25, -0.2) is 4.98 Å². The Kier molecular flexibility index (Phi) is 7.03. The minimum atomic E-state index is 0.449. The maximum absolute atomic E-state index is 4.53. The van der Waals surface area contributed by atoms with Gasteiger partial charge in [-0.05, 0) is 42.3 Å². The summed E-state index contributed by atoms with van der Waals surface area (Å²) in [6.45, 7) is 3.75. The lowest BCUT2D eigenvalue weighted by molar-refractivity contribution is 0.462. The topological polar surface area (TPSA) is 57.5 Å². The van der Waals surface area contributed by atoms with Crippen LogP contribution in [0, 0.1) is 0 Å². The predicted octanol–water partition coefficient (Wildman–Crippen LogP) is 3.52. The van der Waals surface area contributed by atoms with E-state index in [1.165, 1.54) is 10.6 Å². The minimum absolute atomic E-state index is 0.449. The van der Waals surface area contributed by atoms with E-state index < -0.39 is 0 Å². The van der Waals surface area contributed by atoms with E-state index in [0.717, 1.165) is 50.7 Å². The Hall–Kier alpha value is -2.80. The Labute approximate surface area is 182 Å². The Balaban J connectivity index is 1.24. The smallest absolute Gasteiger partial charge is 0.191 e. The maximum atomic E-state index is 4.53. The molecule has 7 heteroatoms. The van der Waals surface area contributed by atoms with Crippen LogP contribution in [-0.4, -0.2) is 41.7 Å². The van der Waals surface area contributed by atoms with Gasteiger partial charge >= 0.3 is 0 Å². The number of rotatable bonds is 7. The number of imidazole rings is 1. The number of aliphatic imine (C=N–C) groups is 1. The van der Waals surface area contributed by atoms with Crippen molar-refractivity contribution in [1.29, 1.82) is 0 Å². The first-order chi connectivity index (χ1) is 14.8. The number of piperidine rings is 1. The van der Waals surface area contributed by atoms with Crippen molar-refractivity contribution >= 4 is 22.3 Å². The summed E-state index contributed by atoms with van der Waals surface area (Å²) in [4.78, 5) is 11.4. The molecule has 1 aliphatic heterocycles. The zero-order valence-electron chi connectivity index (χ0n) is 17.5. The highest BCUT2D eigenvalue weighted by Gasteiger charge is 2.20. The highest BCUT2D eigenvalue weighted by Crippen LogP contribution is 2.24. The van der Waals surface area contributed by atoms with E-state index in [1.807, 2.05) is 24.6 Å². The SMILES string of the molecule is CN=C(NCc1nccn1CCc1ccccc1)NC1CCN(c2cccs2)CC1. The molecule has 2 N–H and O–H groups in total. The number of hydrogen-bond donors (Lipinski definition) is 2. The van der Waals surface area contributed by atoms with Gasteiger partial charge in [-0.15, -0.1) is 11.3 Å². The summed E-state index contributed by atoms with van der Waals surface area (Å²) in [5, 5.41) is 10.6. The molecule has 0 bridgehead atoms. The molecule has 1 fully saturated rings. The van der Waals surface area contributed by atoms with Crippen molar-refractivity contribution in [3.05, 3.63) is 71.6 Å². The molecule has 4 rings (SSSR count). The molecule has 0 atom stereocenters. The van der Waals surface area contributed by atoms with E-state index in [-0.39, 0.29) is 0 Å². The highest BCUT2D eigenvalue weighted by molar-refractivity contribution is 7.14. The molecule has 2 aromatic heterocycles. The summed E-state index contributed by atoms with van der Waals surface area (Å²) in [6.07, 6.45) is 7.16. The number of hydrogen-bond acceptors (Lipinski definition) is 4. The summed E-state index contributed by atoms with van der Waals surface area (Å²) >= 11 is 1.82. The van der Waals surface area contributed by atoms with Crippen LogP contribution in [0.15, 0.2) is 65.2 Å². The Morgan fingerprint density at radius 2 is 2.00 bits per heavy atom. The number of guanidine groups is 1. The van der Waals surface area contributed by atoms with Gasteiger partial charge in [0.05, 0.1) is 11.5 Å². The van der Waals surface area contributed by atoms with Crippen LogP contribution in [0.25, 0.3) is 0 Å². The van der Waals surface area contributed by atoms with Gasteiger partial charge in [0, 0.05) is 45.1 Å². The van der Waals surface area contributed by atoms with Crippen LogP contribution in [0.2, 0.25) is 0 Å². The van der Waals surface area contributed by atoms with Gasteiger partial charge in [-0.1, -0.05) is 30.3 Å². The van der Waals surface area contributed by atoms with Crippen LogP contribution in [0.4, 0.5) is 5.00 Å². The molecule has 0 aliphatic carbocycles. The van der Waals surface area contributed by atoms with Gasteiger partial charge in [-0.3, -0.25) is 4.99 Å². The monoisotopic (exact) mass is 422 g/mol. The molecule has 6 nitrogen and oxygen atoms in total. The van der Waals surface area contributed by atoms with Crippen LogP contribution < -0.4 is 15.5 Å². The van der Waals surface area contributed by atoms with Crippen LogP contribution in [0.1, 0.15) is 24.2 Å². The molecule has 3 aromatic rings. The number of thiophene rings is 1. The lowest BCUT2D eigenvalue weighted by atomic mass is 10.1. The standard InChI is InChI=1S/C23H30N6S/c1-24-23(27-20-10-14-29(15-11-20)22-8-5-17-30-22)26-18-21-25-12-16-28(21)13-9-19-6-3-2-4-7-19/h2-8,12,16-17,20H,9-11,13-15,18H2,1H3,(H2,24,26,27). The van der Waals surface area contributed by atoms with Gasteiger partial charge in [0.15, 0.2) is 5.96 Å². The molecule has 3 heterocycles. The summed E-state index contributed by atoms with van der Waals surface area (Å²) < 4.78 is 2.22. The third-order valence-corrected chi connectivity index (χ3v) is 6.51. The number of aromatic nitrogens is 2. The molecule has 30 heavy (non-hydrogen) atoms. The van der Waals surface area contributed by atoms with Crippen molar-refractivity contribution in [2.24, 2.45) is 4.99 Å². The first-order valence-electron chi connectivity index (χ1n) is 10.6. The molecule has 1 aliphatic rings. The van der Waals surface area contributed by atoms with Crippen molar-refractivity contribution in [3.63, 3.8) is 0 Å². The second-order valence-corrected chi connectivity index (χ2v) is 8.48. The summed E-state index contributed by atoms with van der Waals surface area (Å²) in [6, 6.07) is 15.4. The first-order valence-corrected chi connectivity index (χ1v) is 11.5. The molecule has 0 unspecified atom stereocenters. The molecule has 0 radical (unpaired) electrons. The van der Waals surface area contributed by atoms with Crippen molar-refractivity contribution in [2.45, 2.75) is 38.4 Å². The third-order valence-electron chi connectivity index (χ3n) is 5.58. The Morgan fingerprint density at radius 1 is 1.17 bits per heavy atom. The van der Waals surface area contributed by atoms with Crippen molar-refractivity contribution in [1.82, 2.24) is 20.2 Å². The Bertz CT molecular complexity index is 910. The van der Waals surface area contributed by atoms with Crippen LogP contribution in [-0.2, 0) is 19.5 Å². The fourth-order valence-corrected chi connectivity index (χ4v) is 4.64. The van der Waals surface area contributed by atoms with Gasteiger partial charge in [0.25, 0.3) is 0 Å². The molecular weight excluding hydrogens is 392 g/mol. The molecule has 0 saturated carbocycles. The molecule has 0 spiro atoms. The highest BCUT2D eigenvalue weighted by atomic mass is 32.1. The second kappa shape index (κ2) is 10.3. The average Bonchev–Trinajstić information content (AvgIpc) is 3.48. The van der Waals surface area contributed by atoms with E-state index in [9.17, 15) is 0 Å². The van der Waals surface area contributed by atoms with Gasteiger partial charge in [0.2, 0.25) is 0 Å². The molecule has 158 valence electrons. The zero-order chi connectivity index (χ0) is 20.6. The van der Waals surface area contributed by atoms with Crippen molar-refractivity contribution < 1.29 is 0 Å². The molecular formula is C23H30N6S. The quantitative estimate of drug-likeness (QED) is 0.452. The summed E-state index contributed by atoms with van der Waals surface area (Å²) in [5.41, 5.74) is 1.34.